The Labute approximate surface area is 193 Å². The molecule has 1 N–H and O–H groups in total. The lowest BCUT2D eigenvalue weighted by atomic mass is 10.1. The van der Waals surface area contributed by atoms with E-state index in [1.54, 1.807) is 37.3 Å². The molecule has 2 aliphatic heterocycles. The van der Waals surface area contributed by atoms with Gasteiger partial charge in [-0.15, -0.1) is 0 Å². The molecular formula is C24H28N3O5S+. The van der Waals surface area contributed by atoms with E-state index >= 15 is 0 Å². The fraction of sp³-hybridized carbons (Fsp3) is 0.375. The molecule has 0 radical (unpaired) electrons. The number of carbonyl (C=O) groups excluding carboxylic acids is 3. The van der Waals surface area contributed by atoms with Crippen molar-refractivity contribution in [3.05, 3.63) is 59.2 Å². The summed E-state index contributed by atoms with van der Waals surface area (Å²) in [5.74, 6) is -0.647. The summed E-state index contributed by atoms with van der Waals surface area (Å²) in [5, 5.41) is 0. The maximum Gasteiger partial charge on any atom is 0.292 e. The maximum absolute atomic E-state index is 13.2. The average Bonchev–Trinajstić information content (AvgIpc) is 3.09. The lowest BCUT2D eigenvalue weighted by molar-refractivity contribution is -0.918. The number of carbonyl (C=O) groups is 3. The van der Waals surface area contributed by atoms with Crippen LogP contribution in [0.5, 0.6) is 0 Å². The summed E-state index contributed by atoms with van der Waals surface area (Å²) in [4.78, 5) is 39.7. The van der Waals surface area contributed by atoms with Crippen molar-refractivity contribution in [2.45, 2.75) is 38.1 Å². The van der Waals surface area contributed by atoms with Gasteiger partial charge in [0.05, 0.1) is 43.2 Å². The zero-order chi connectivity index (χ0) is 23.9. The number of anilines is 1. The molecule has 0 bridgehead atoms. The molecule has 2 fully saturated rings. The Bertz CT molecular complexity index is 1220. The Hall–Kier alpha value is -2.88. The number of rotatable bonds is 5. The van der Waals surface area contributed by atoms with Crippen molar-refractivity contribution in [3.8, 4) is 0 Å². The summed E-state index contributed by atoms with van der Waals surface area (Å²) in [5.41, 5.74) is 2.56. The minimum absolute atomic E-state index is 0.0865. The molecule has 0 spiro atoms. The second-order valence-corrected chi connectivity index (χ2v) is 10.7. The van der Waals surface area contributed by atoms with E-state index in [0.717, 1.165) is 10.5 Å². The smallest absolute Gasteiger partial charge is 0.292 e. The van der Waals surface area contributed by atoms with Gasteiger partial charge in [0.2, 0.25) is 15.9 Å². The predicted octanol–water partition coefficient (Wildman–Crippen LogP) is 0.727. The number of hydrogen-bond acceptors (Lipinski definition) is 5. The van der Waals surface area contributed by atoms with Crippen LogP contribution in [0.25, 0.3) is 0 Å². The Morgan fingerprint density at radius 2 is 1.64 bits per heavy atom. The second-order valence-electron chi connectivity index (χ2n) is 8.76. The number of quaternary nitrogens is 1. The lowest BCUT2D eigenvalue weighted by Crippen LogP contribution is -3.19. The topological polar surface area (TPSA) is 96.3 Å². The Kier molecular flexibility index (Phi) is 6.22. The zero-order valence-corrected chi connectivity index (χ0v) is 19.8. The SMILES string of the molecule is CC(=O)c1ccc(N2C(=O)C[C@@H]([NH+]3CCN(S(=O)(=O)c4cc(C)ccc4C)CC3)C2=O)cc1. The Morgan fingerprint density at radius 1 is 1.00 bits per heavy atom. The standard InChI is InChI=1S/C24H27N3O5S/c1-16-4-5-17(2)22(14-16)33(31,32)26-12-10-25(11-13-26)21-15-23(29)27(24(21)30)20-8-6-19(7-9-20)18(3)28/h4-9,14,21H,10-13,15H2,1-3H3/p+1/t21-/m1/s1. The molecule has 2 saturated heterocycles. The van der Waals surface area contributed by atoms with Crippen molar-refractivity contribution >= 4 is 33.3 Å². The van der Waals surface area contributed by atoms with Crippen LogP contribution in [-0.4, -0.2) is 62.5 Å². The van der Waals surface area contributed by atoms with E-state index in [9.17, 15) is 22.8 Å². The third kappa shape index (κ3) is 4.36. The fourth-order valence-electron chi connectivity index (χ4n) is 4.55. The van der Waals surface area contributed by atoms with E-state index in [0.29, 0.717) is 34.8 Å². The highest BCUT2D eigenvalue weighted by atomic mass is 32.2. The molecule has 0 aromatic heterocycles. The van der Waals surface area contributed by atoms with Crippen LogP contribution < -0.4 is 9.80 Å². The van der Waals surface area contributed by atoms with E-state index in [4.69, 9.17) is 0 Å². The molecule has 2 amide bonds. The monoisotopic (exact) mass is 470 g/mol. The third-order valence-corrected chi connectivity index (χ3v) is 8.54. The molecule has 1 atom stereocenters. The number of imide groups is 1. The van der Waals surface area contributed by atoms with Gasteiger partial charge in [-0.05, 0) is 62.2 Å². The molecule has 8 nitrogen and oxygen atoms in total. The first-order chi connectivity index (χ1) is 15.6. The highest BCUT2D eigenvalue weighted by Crippen LogP contribution is 2.24. The first kappa shape index (κ1) is 23.3. The lowest BCUT2D eigenvalue weighted by Gasteiger charge is -2.34. The summed E-state index contributed by atoms with van der Waals surface area (Å²) in [6.07, 6.45) is 0.0896. The number of Topliss-reactive ketones (excluding diaryl/α,β-unsaturated/α-hetero) is 1. The number of piperazine rings is 1. The number of aryl methyl sites for hydroxylation is 2. The van der Waals surface area contributed by atoms with Gasteiger partial charge in [0, 0.05) is 5.56 Å². The van der Waals surface area contributed by atoms with Crippen molar-refractivity contribution < 1.29 is 27.7 Å². The fourth-order valence-corrected chi connectivity index (χ4v) is 6.31. The van der Waals surface area contributed by atoms with Crippen molar-refractivity contribution in [1.82, 2.24) is 4.31 Å². The zero-order valence-electron chi connectivity index (χ0n) is 19.0. The van der Waals surface area contributed by atoms with Crippen LogP contribution >= 0.6 is 0 Å². The molecule has 174 valence electrons. The number of ketones is 1. The van der Waals surface area contributed by atoms with E-state index in [-0.39, 0.29) is 37.1 Å². The maximum atomic E-state index is 13.2. The third-order valence-electron chi connectivity index (χ3n) is 6.50. The van der Waals surface area contributed by atoms with Crippen LogP contribution in [0.2, 0.25) is 0 Å². The summed E-state index contributed by atoms with van der Waals surface area (Å²) >= 11 is 0. The van der Waals surface area contributed by atoms with Gasteiger partial charge in [0.1, 0.15) is 0 Å². The van der Waals surface area contributed by atoms with E-state index in [2.05, 4.69) is 0 Å². The van der Waals surface area contributed by atoms with E-state index in [1.165, 1.54) is 16.1 Å². The highest BCUT2D eigenvalue weighted by Gasteiger charge is 2.47. The van der Waals surface area contributed by atoms with Gasteiger partial charge in [-0.25, -0.2) is 13.3 Å². The number of benzene rings is 2. The van der Waals surface area contributed by atoms with E-state index < -0.39 is 16.1 Å². The van der Waals surface area contributed by atoms with Gasteiger partial charge >= 0.3 is 0 Å². The van der Waals surface area contributed by atoms with Gasteiger partial charge in [-0.1, -0.05) is 12.1 Å². The van der Waals surface area contributed by atoms with Crippen LogP contribution in [-0.2, 0) is 19.6 Å². The van der Waals surface area contributed by atoms with Crippen molar-refractivity contribution in [2.75, 3.05) is 31.1 Å². The molecular weight excluding hydrogens is 442 g/mol. The summed E-state index contributed by atoms with van der Waals surface area (Å²) in [6.45, 7) is 6.58. The minimum atomic E-state index is -3.62. The largest absolute Gasteiger partial charge is 0.322 e. The van der Waals surface area contributed by atoms with E-state index in [1.807, 2.05) is 19.1 Å². The molecule has 0 saturated carbocycles. The predicted molar refractivity (Wildman–Crippen MR) is 123 cm³/mol. The average molecular weight is 471 g/mol. The Balaban J connectivity index is 1.46. The van der Waals surface area contributed by atoms with Crippen LogP contribution in [0.15, 0.2) is 47.4 Å². The molecule has 2 aromatic carbocycles. The highest BCUT2D eigenvalue weighted by molar-refractivity contribution is 7.89. The number of sulfonamides is 1. The van der Waals surface area contributed by atoms with Gasteiger partial charge < -0.3 is 4.90 Å². The normalized spacial score (nSPS) is 20.5. The second kappa shape index (κ2) is 8.81. The molecule has 0 aliphatic carbocycles. The van der Waals surface area contributed by atoms with Gasteiger partial charge in [-0.3, -0.25) is 14.4 Å². The van der Waals surface area contributed by atoms with Gasteiger partial charge in [0.25, 0.3) is 5.91 Å². The Morgan fingerprint density at radius 3 is 2.24 bits per heavy atom. The summed E-state index contributed by atoms with van der Waals surface area (Å²) < 4.78 is 27.8. The van der Waals surface area contributed by atoms with Crippen LogP contribution in [0, 0.1) is 13.8 Å². The molecule has 0 unspecified atom stereocenters. The molecule has 4 rings (SSSR count). The molecule has 33 heavy (non-hydrogen) atoms. The van der Waals surface area contributed by atoms with Crippen molar-refractivity contribution in [3.63, 3.8) is 0 Å². The van der Waals surface area contributed by atoms with Gasteiger partial charge in [0.15, 0.2) is 11.8 Å². The molecule has 2 aliphatic rings. The van der Waals surface area contributed by atoms with Crippen molar-refractivity contribution in [1.29, 1.82) is 0 Å². The number of nitrogens with one attached hydrogen (secondary N) is 1. The number of amides is 2. The number of nitrogens with zero attached hydrogens (tertiary/aromatic N) is 2. The molecule has 2 heterocycles. The first-order valence-electron chi connectivity index (χ1n) is 11.0. The number of hydrogen-bond donors (Lipinski definition) is 1. The van der Waals surface area contributed by atoms with Crippen molar-refractivity contribution in [2.24, 2.45) is 0 Å². The summed E-state index contributed by atoms with van der Waals surface area (Å²) in [7, 11) is -3.62. The minimum Gasteiger partial charge on any atom is -0.322 e. The van der Waals surface area contributed by atoms with Crippen LogP contribution in [0.1, 0.15) is 34.8 Å². The van der Waals surface area contributed by atoms with Gasteiger partial charge in [-0.2, -0.15) is 4.31 Å². The van der Waals surface area contributed by atoms with Crippen LogP contribution in [0.3, 0.4) is 0 Å². The molecule has 2 aromatic rings. The van der Waals surface area contributed by atoms with Crippen LogP contribution in [0.4, 0.5) is 5.69 Å². The summed E-state index contributed by atoms with van der Waals surface area (Å²) in [6, 6.07) is 11.3. The first-order valence-corrected chi connectivity index (χ1v) is 12.4. The molecule has 9 heteroatoms. The quantitative estimate of drug-likeness (QED) is 0.513.